The van der Waals surface area contributed by atoms with Crippen molar-refractivity contribution in [1.82, 2.24) is 0 Å². The van der Waals surface area contributed by atoms with E-state index in [0.717, 1.165) is 13.1 Å². The molecule has 0 atom stereocenters. The van der Waals surface area contributed by atoms with Crippen LogP contribution in [-0.2, 0) is 0 Å². The molecule has 0 aromatic heterocycles. The highest BCUT2D eigenvalue weighted by Crippen LogP contribution is 2.23. The van der Waals surface area contributed by atoms with Gasteiger partial charge in [-0.3, -0.25) is 0 Å². The molecule has 0 aliphatic rings. The fourth-order valence-electron chi connectivity index (χ4n) is 2.52. The Balaban J connectivity index is 2.18. The standard InChI is InChI=1S/C19H25N/c1-4-14-20(15-5-2)19-12-10-18(11-13-19)17-8-6-16(3)7-9-17/h6-13H,4-5,14-15H2,1-3H3. The molecule has 0 aliphatic carbocycles. The van der Waals surface area contributed by atoms with Crippen LogP contribution >= 0.6 is 0 Å². The summed E-state index contributed by atoms with van der Waals surface area (Å²) in [5.41, 5.74) is 5.23. The number of anilines is 1. The molecule has 1 nitrogen and oxygen atoms in total. The predicted octanol–water partition coefficient (Wildman–Crippen LogP) is 5.29. The first-order valence-corrected chi connectivity index (χ1v) is 7.66. The minimum Gasteiger partial charge on any atom is -0.372 e. The summed E-state index contributed by atoms with van der Waals surface area (Å²) in [5.74, 6) is 0. The maximum absolute atomic E-state index is 2.47. The van der Waals surface area contributed by atoms with Gasteiger partial charge in [0, 0.05) is 18.8 Å². The summed E-state index contributed by atoms with van der Waals surface area (Å²) in [4.78, 5) is 2.47. The Morgan fingerprint density at radius 3 is 1.60 bits per heavy atom. The van der Waals surface area contributed by atoms with Gasteiger partial charge in [0.1, 0.15) is 0 Å². The van der Waals surface area contributed by atoms with E-state index in [2.05, 4.69) is 74.2 Å². The van der Waals surface area contributed by atoms with Crippen molar-refractivity contribution in [2.24, 2.45) is 0 Å². The molecule has 1 heteroatoms. The van der Waals surface area contributed by atoms with Gasteiger partial charge in [-0.05, 0) is 43.0 Å². The Morgan fingerprint density at radius 1 is 0.700 bits per heavy atom. The third kappa shape index (κ3) is 3.63. The van der Waals surface area contributed by atoms with Crippen molar-refractivity contribution in [2.75, 3.05) is 18.0 Å². The Labute approximate surface area is 123 Å². The van der Waals surface area contributed by atoms with Crippen molar-refractivity contribution in [1.29, 1.82) is 0 Å². The Bertz CT molecular complexity index is 504. The molecular weight excluding hydrogens is 242 g/mol. The van der Waals surface area contributed by atoms with Gasteiger partial charge in [0.05, 0.1) is 0 Å². The SMILES string of the molecule is CCCN(CCC)c1ccc(-c2ccc(C)cc2)cc1. The maximum Gasteiger partial charge on any atom is 0.0366 e. The van der Waals surface area contributed by atoms with E-state index in [0.29, 0.717) is 0 Å². The quantitative estimate of drug-likeness (QED) is 0.687. The van der Waals surface area contributed by atoms with Crippen LogP contribution < -0.4 is 4.90 Å². The van der Waals surface area contributed by atoms with E-state index >= 15 is 0 Å². The van der Waals surface area contributed by atoms with Gasteiger partial charge in [-0.25, -0.2) is 0 Å². The lowest BCUT2D eigenvalue weighted by atomic mass is 10.0. The largest absolute Gasteiger partial charge is 0.372 e. The fraction of sp³-hybridized carbons (Fsp3) is 0.368. The molecular formula is C19H25N. The van der Waals surface area contributed by atoms with E-state index in [4.69, 9.17) is 0 Å². The zero-order valence-corrected chi connectivity index (χ0v) is 12.9. The van der Waals surface area contributed by atoms with Crippen LogP contribution in [0.1, 0.15) is 32.3 Å². The summed E-state index contributed by atoms with van der Waals surface area (Å²) in [5, 5.41) is 0. The Morgan fingerprint density at radius 2 is 1.15 bits per heavy atom. The van der Waals surface area contributed by atoms with Gasteiger partial charge in [-0.15, -0.1) is 0 Å². The lowest BCUT2D eigenvalue weighted by Crippen LogP contribution is -2.24. The predicted molar refractivity (Wildman–Crippen MR) is 89.4 cm³/mol. The molecule has 0 spiro atoms. The van der Waals surface area contributed by atoms with Crippen LogP contribution in [0.3, 0.4) is 0 Å². The molecule has 0 saturated heterocycles. The van der Waals surface area contributed by atoms with Crippen LogP contribution in [0, 0.1) is 6.92 Å². The number of benzene rings is 2. The molecule has 0 N–H and O–H groups in total. The molecule has 0 bridgehead atoms. The highest BCUT2D eigenvalue weighted by molar-refractivity contribution is 5.66. The van der Waals surface area contributed by atoms with E-state index in [1.165, 1.54) is 35.2 Å². The molecule has 106 valence electrons. The van der Waals surface area contributed by atoms with E-state index in [9.17, 15) is 0 Å². The van der Waals surface area contributed by atoms with Crippen molar-refractivity contribution in [3.63, 3.8) is 0 Å². The molecule has 0 radical (unpaired) electrons. The second-order valence-electron chi connectivity index (χ2n) is 5.40. The van der Waals surface area contributed by atoms with Crippen molar-refractivity contribution in [2.45, 2.75) is 33.6 Å². The van der Waals surface area contributed by atoms with Gasteiger partial charge in [-0.1, -0.05) is 55.8 Å². The highest BCUT2D eigenvalue weighted by atomic mass is 15.1. The first-order valence-electron chi connectivity index (χ1n) is 7.66. The molecule has 0 aliphatic heterocycles. The van der Waals surface area contributed by atoms with Gasteiger partial charge in [-0.2, -0.15) is 0 Å². The molecule has 0 amide bonds. The molecule has 0 heterocycles. The minimum absolute atomic E-state index is 1.14. The van der Waals surface area contributed by atoms with Crippen LogP contribution in [0.2, 0.25) is 0 Å². The van der Waals surface area contributed by atoms with Crippen LogP contribution in [0.4, 0.5) is 5.69 Å². The number of hydrogen-bond donors (Lipinski definition) is 0. The second kappa shape index (κ2) is 7.14. The molecule has 20 heavy (non-hydrogen) atoms. The lowest BCUT2D eigenvalue weighted by molar-refractivity contribution is 0.745. The van der Waals surface area contributed by atoms with Crippen molar-refractivity contribution < 1.29 is 0 Å². The molecule has 2 rings (SSSR count). The van der Waals surface area contributed by atoms with Crippen molar-refractivity contribution in [3.05, 3.63) is 54.1 Å². The van der Waals surface area contributed by atoms with E-state index in [1.54, 1.807) is 0 Å². The summed E-state index contributed by atoms with van der Waals surface area (Å²) in [6, 6.07) is 17.7. The van der Waals surface area contributed by atoms with Gasteiger partial charge in [0.25, 0.3) is 0 Å². The first kappa shape index (κ1) is 14.6. The number of hydrogen-bond acceptors (Lipinski definition) is 1. The third-order valence-corrected chi connectivity index (χ3v) is 3.60. The average molecular weight is 267 g/mol. The summed E-state index contributed by atoms with van der Waals surface area (Å²) in [6.45, 7) is 8.88. The van der Waals surface area contributed by atoms with Crippen LogP contribution in [0.5, 0.6) is 0 Å². The van der Waals surface area contributed by atoms with Crippen molar-refractivity contribution >= 4 is 5.69 Å². The van der Waals surface area contributed by atoms with Gasteiger partial charge in [0.2, 0.25) is 0 Å². The molecule has 0 fully saturated rings. The molecule has 2 aromatic rings. The number of aryl methyl sites for hydroxylation is 1. The summed E-state index contributed by atoms with van der Waals surface area (Å²) in [7, 11) is 0. The zero-order chi connectivity index (χ0) is 14.4. The highest BCUT2D eigenvalue weighted by Gasteiger charge is 2.04. The summed E-state index contributed by atoms with van der Waals surface area (Å²) in [6.07, 6.45) is 2.39. The van der Waals surface area contributed by atoms with E-state index in [1.807, 2.05) is 0 Å². The summed E-state index contributed by atoms with van der Waals surface area (Å²) >= 11 is 0. The topological polar surface area (TPSA) is 3.24 Å². The lowest BCUT2D eigenvalue weighted by Gasteiger charge is -2.24. The minimum atomic E-state index is 1.14. The number of nitrogens with zero attached hydrogens (tertiary/aromatic N) is 1. The van der Waals surface area contributed by atoms with Crippen molar-refractivity contribution in [3.8, 4) is 11.1 Å². The van der Waals surface area contributed by atoms with Crippen LogP contribution in [-0.4, -0.2) is 13.1 Å². The molecule has 0 unspecified atom stereocenters. The second-order valence-corrected chi connectivity index (χ2v) is 5.40. The fourth-order valence-corrected chi connectivity index (χ4v) is 2.52. The summed E-state index contributed by atoms with van der Waals surface area (Å²) < 4.78 is 0. The van der Waals surface area contributed by atoms with Gasteiger partial charge < -0.3 is 4.90 Å². The smallest absolute Gasteiger partial charge is 0.0366 e. The van der Waals surface area contributed by atoms with Gasteiger partial charge in [0.15, 0.2) is 0 Å². The molecule has 0 saturated carbocycles. The van der Waals surface area contributed by atoms with Gasteiger partial charge >= 0.3 is 0 Å². The third-order valence-electron chi connectivity index (χ3n) is 3.60. The van der Waals surface area contributed by atoms with Crippen LogP contribution in [0.25, 0.3) is 11.1 Å². The normalized spacial score (nSPS) is 10.6. The maximum atomic E-state index is 2.47. The van der Waals surface area contributed by atoms with E-state index in [-0.39, 0.29) is 0 Å². The van der Waals surface area contributed by atoms with Crippen LogP contribution in [0.15, 0.2) is 48.5 Å². The monoisotopic (exact) mass is 267 g/mol. The zero-order valence-electron chi connectivity index (χ0n) is 12.9. The average Bonchev–Trinajstić information content (AvgIpc) is 2.48. The Hall–Kier alpha value is -1.76. The number of rotatable bonds is 6. The molecule has 2 aromatic carbocycles. The first-order chi connectivity index (χ1) is 9.74. The Kier molecular flexibility index (Phi) is 5.23. The van der Waals surface area contributed by atoms with E-state index < -0.39 is 0 Å².